The molecule has 1 aliphatic heterocycles. The second kappa shape index (κ2) is 5.34. The zero-order valence-electron chi connectivity index (χ0n) is 11.2. The van der Waals surface area contributed by atoms with Crippen LogP contribution in [0.4, 0.5) is 5.69 Å². The second-order valence-electron chi connectivity index (χ2n) is 6.01. The van der Waals surface area contributed by atoms with Crippen LogP contribution in [-0.4, -0.2) is 24.2 Å². The summed E-state index contributed by atoms with van der Waals surface area (Å²) in [6.45, 7) is 1.99. The fourth-order valence-corrected chi connectivity index (χ4v) is 5.07. The van der Waals surface area contributed by atoms with E-state index in [-0.39, 0.29) is 0 Å². The lowest BCUT2D eigenvalue weighted by Crippen LogP contribution is -2.57. The number of hydrogen-bond donors (Lipinski definition) is 1. The summed E-state index contributed by atoms with van der Waals surface area (Å²) < 4.78 is 1.65. The molecule has 0 unspecified atom stereocenters. The van der Waals surface area contributed by atoms with Crippen molar-refractivity contribution < 1.29 is 9.90 Å². The second-order valence-corrected chi connectivity index (χ2v) is 7.78. The molecule has 20 heavy (non-hydrogen) atoms. The third-order valence-electron chi connectivity index (χ3n) is 4.54. The summed E-state index contributed by atoms with van der Waals surface area (Å²) in [6.07, 6.45) is 6.58. The van der Waals surface area contributed by atoms with Crippen molar-refractivity contribution in [3.05, 3.63) is 26.6 Å². The van der Waals surface area contributed by atoms with E-state index in [1.807, 2.05) is 6.07 Å². The number of carboxylic acid groups (broad SMARTS) is 1. The topological polar surface area (TPSA) is 40.5 Å². The molecule has 1 aliphatic carbocycles. The summed E-state index contributed by atoms with van der Waals surface area (Å²) in [7, 11) is 0. The highest BCUT2D eigenvalue weighted by Crippen LogP contribution is 2.48. The van der Waals surface area contributed by atoms with Gasteiger partial charge in [0.05, 0.1) is 11.3 Å². The van der Waals surface area contributed by atoms with Crippen LogP contribution in [0.5, 0.6) is 0 Å². The molecule has 1 heterocycles. The van der Waals surface area contributed by atoms with Crippen LogP contribution in [0.25, 0.3) is 0 Å². The minimum atomic E-state index is -0.869. The molecule has 5 heteroatoms. The molecule has 1 saturated carbocycles. The monoisotopic (exact) mass is 401 g/mol. The minimum Gasteiger partial charge on any atom is -0.478 e. The Bertz CT molecular complexity index is 545. The van der Waals surface area contributed by atoms with Gasteiger partial charge in [-0.2, -0.15) is 0 Å². The third kappa shape index (κ3) is 2.50. The molecule has 0 aromatic heterocycles. The number of benzene rings is 1. The van der Waals surface area contributed by atoms with Gasteiger partial charge in [-0.25, -0.2) is 4.79 Å². The Labute approximate surface area is 135 Å². The van der Waals surface area contributed by atoms with Gasteiger partial charge in [0.25, 0.3) is 0 Å². The van der Waals surface area contributed by atoms with E-state index in [0.29, 0.717) is 11.0 Å². The first-order chi connectivity index (χ1) is 9.51. The SMILES string of the molecule is O=C(O)c1cc(Br)cc(Br)c1N1CC2(CCCCC2)C1. The van der Waals surface area contributed by atoms with Crippen molar-refractivity contribution in [1.82, 2.24) is 0 Å². The van der Waals surface area contributed by atoms with Gasteiger partial charge in [0.2, 0.25) is 0 Å². The van der Waals surface area contributed by atoms with Gasteiger partial charge in [-0.1, -0.05) is 35.2 Å². The number of carboxylic acids is 1. The van der Waals surface area contributed by atoms with Crippen LogP contribution < -0.4 is 4.90 Å². The van der Waals surface area contributed by atoms with Crippen LogP contribution in [0, 0.1) is 5.41 Å². The molecule has 2 aliphatic rings. The van der Waals surface area contributed by atoms with E-state index in [1.54, 1.807) is 6.07 Å². The van der Waals surface area contributed by atoms with Gasteiger partial charge in [0, 0.05) is 27.4 Å². The molecule has 0 atom stereocenters. The molecular formula is C15H17Br2NO2. The van der Waals surface area contributed by atoms with E-state index in [0.717, 1.165) is 27.7 Å². The molecule has 1 spiro atoms. The van der Waals surface area contributed by atoms with Gasteiger partial charge >= 0.3 is 5.97 Å². The van der Waals surface area contributed by atoms with Crippen molar-refractivity contribution in [2.24, 2.45) is 5.41 Å². The molecule has 3 nitrogen and oxygen atoms in total. The summed E-state index contributed by atoms with van der Waals surface area (Å²) in [5.74, 6) is -0.869. The summed E-state index contributed by atoms with van der Waals surface area (Å²) in [5.41, 5.74) is 1.65. The first-order valence-corrected chi connectivity index (χ1v) is 8.57. The molecule has 1 saturated heterocycles. The highest BCUT2D eigenvalue weighted by Gasteiger charge is 2.44. The van der Waals surface area contributed by atoms with Crippen molar-refractivity contribution in [3.63, 3.8) is 0 Å². The van der Waals surface area contributed by atoms with E-state index < -0.39 is 5.97 Å². The minimum absolute atomic E-state index is 0.372. The average molecular weight is 403 g/mol. The quantitative estimate of drug-likeness (QED) is 0.780. The zero-order chi connectivity index (χ0) is 14.3. The highest BCUT2D eigenvalue weighted by atomic mass is 79.9. The maximum absolute atomic E-state index is 11.5. The number of hydrogen-bond acceptors (Lipinski definition) is 2. The number of nitrogens with zero attached hydrogens (tertiary/aromatic N) is 1. The van der Waals surface area contributed by atoms with Crippen LogP contribution >= 0.6 is 31.9 Å². The van der Waals surface area contributed by atoms with Crippen LogP contribution in [0.2, 0.25) is 0 Å². The van der Waals surface area contributed by atoms with Gasteiger partial charge in [0.1, 0.15) is 0 Å². The Balaban J connectivity index is 1.87. The van der Waals surface area contributed by atoms with Crippen molar-refractivity contribution in [2.75, 3.05) is 18.0 Å². The molecule has 2 fully saturated rings. The van der Waals surface area contributed by atoms with Crippen molar-refractivity contribution in [1.29, 1.82) is 0 Å². The molecule has 0 amide bonds. The number of anilines is 1. The van der Waals surface area contributed by atoms with Crippen molar-refractivity contribution >= 4 is 43.5 Å². The molecule has 108 valence electrons. The number of rotatable bonds is 2. The fraction of sp³-hybridized carbons (Fsp3) is 0.533. The molecular weight excluding hydrogens is 386 g/mol. The molecule has 3 rings (SSSR count). The van der Waals surface area contributed by atoms with Crippen molar-refractivity contribution in [3.8, 4) is 0 Å². The van der Waals surface area contributed by atoms with Crippen LogP contribution in [-0.2, 0) is 0 Å². The summed E-state index contributed by atoms with van der Waals surface area (Å²) in [4.78, 5) is 13.7. The van der Waals surface area contributed by atoms with Crippen LogP contribution in [0.3, 0.4) is 0 Å². The highest BCUT2D eigenvalue weighted by molar-refractivity contribution is 9.11. The van der Waals surface area contributed by atoms with Gasteiger partial charge in [-0.3, -0.25) is 0 Å². The van der Waals surface area contributed by atoms with Gasteiger partial charge in [-0.05, 0) is 40.9 Å². The lowest BCUT2D eigenvalue weighted by Gasteiger charge is -2.54. The molecule has 1 aromatic rings. The standard InChI is InChI=1S/C15H17Br2NO2/c16-10-6-11(14(19)20)13(12(17)7-10)18-8-15(9-18)4-2-1-3-5-15/h6-7H,1-5,8-9H2,(H,19,20). The van der Waals surface area contributed by atoms with E-state index in [2.05, 4.69) is 36.8 Å². The Morgan fingerprint density at radius 3 is 2.40 bits per heavy atom. The summed E-state index contributed by atoms with van der Waals surface area (Å²) >= 11 is 6.88. The van der Waals surface area contributed by atoms with Gasteiger partial charge < -0.3 is 10.0 Å². The zero-order valence-corrected chi connectivity index (χ0v) is 14.3. The van der Waals surface area contributed by atoms with Crippen LogP contribution in [0.15, 0.2) is 21.1 Å². The lowest BCUT2D eigenvalue weighted by atomic mass is 9.68. The normalized spacial score (nSPS) is 20.8. The first kappa shape index (κ1) is 14.4. The summed E-state index contributed by atoms with van der Waals surface area (Å²) in [6, 6.07) is 3.61. The number of carbonyl (C=O) groups is 1. The molecule has 0 radical (unpaired) electrons. The lowest BCUT2D eigenvalue weighted by molar-refractivity contribution is 0.0695. The van der Waals surface area contributed by atoms with E-state index >= 15 is 0 Å². The number of halogens is 2. The maximum atomic E-state index is 11.5. The largest absolute Gasteiger partial charge is 0.478 e. The summed E-state index contributed by atoms with van der Waals surface area (Å²) in [5, 5.41) is 9.42. The van der Waals surface area contributed by atoms with E-state index in [1.165, 1.54) is 32.1 Å². The number of aromatic carboxylic acids is 1. The Morgan fingerprint density at radius 2 is 1.80 bits per heavy atom. The Kier molecular flexibility index (Phi) is 3.84. The fourth-order valence-electron chi connectivity index (χ4n) is 3.59. The first-order valence-electron chi connectivity index (χ1n) is 6.98. The maximum Gasteiger partial charge on any atom is 0.337 e. The van der Waals surface area contributed by atoms with Gasteiger partial charge in [0.15, 0.2) is 0 Å². The van der Waals surface area contributed by atoms with E-state index in [4.69, 9.17) is 0 Å². The van der Waals surface area contributed by atoms with Crippen molar-refractivity contribution in [2.45, 2.75) is 32.1 Å². The van der Waals surface area contributed by atoms with E-state index in [9.17, 15) is 9.90 Å². The molecule has 1 aromatic carbocycles. The predicted octanol–water partition coefficient (Wildman–Crippen LogP) is 4.68. The molecule has 0 bridgehead atoms. The Morgan fingerprint density at radius 1 is 1.15 bits per heavy atom. The molecule has 1 N–H and O–H groups in total. The smallest absolute Gasteiger partial charge is 0.337 e. The Hall–Kier alpha value is -0.550. The van der Waals surface area contributed by atoms with Crippen LogP contribution in [0.1, 0.15) is 42.5 Å². The predicted molar refractivity (Wildman–Crippen MR) is 86.5 cm³/mol. The third-order valence-corrected chi connectivity index (χ3v) is 5.60. The van der Waals surface area contributed by atoms with Gasteiger partial charge in [-0.15, -0.1) is 0 Å². The average Bonchev–Trinajstić information content (AvgIpc) is 2.36.